The molecule has 0 amide bonds. The number of unbranched alkanes of at least 4 members (excludes halogenated alkanes) is 26. The number of rotatable bonds is 33. The van der Waals surface area contributed by atoms with Gasteiger partial charge >= 0.3 is 5.97 Å². The lowest BCUT2D eigenvalue weighted by atomic mass is 10.0. The molecule has 0 aromatic heterocycles. The van der Waals surface area contributed by atoms with Crippen LogP contribution in [0.1, 0.15) is 200 Å². The fourth-order valence-corrected chi connectivity index (χ4v) is 5.65. The maximum Gasteiger partial charge on any atom is 0.304 e. The van der Waals surface area contributed by atoms with Gasteiger partial charge in [-0.15, -0.1) is 0 Å². The van der Waals surface area contributed by atoms with E-state index in [0.717, 1.165) is 19.6 Å². The van der Waals surface area contributed by atoms with Crippen LogP contribution in [0.4, 0.5) is 0 Å². The van der Waals surface area contributed by atoms with Gasteiger partial charge in [0.15, 0.2) is 0 Å². The van der Waals surface area contributed by atoms with Gasteiger partial charge in [-0.2, -0.15) is 0 Å². The maximum atomic E-state index is 11.1. The van der Waals surface area contributed by atoms with Crippen LogP contribution in [0.25, 0.3) is 0 Å². The van der Waals surface area contributed by atoms with Gasteiger partial charge in [0.25, 0.3) is 0 Å². The van der Waals surface area contributed by atoms with Gasteiger partial charge in [0.1, 0.15) is 0 Å². The Balaban J connectivity index is 3.57. The zero-order valence-electron chi connectivity index (χ0n) is 26.4. The first-order chi connectivity index (χ1) is 18.7. The molecule has 0 bridgehead atoms. The molecule has 0 aromatic carbocycles. The molecule has 0 unspecified atom stereocenters. The largest absolute Gasteiger partial charge is 0.481 e. The van der Waals surface area contributed by atoms with Crippen LogP contribution in [0.2, 0.25) is 0 Å². The fraction of sp³-hybridized carbons (Fsp3) is 0.971. The van der Waals surface area contributed by atoms with E-state index < -0.39 is 5.97 Å². The molecule has 0 aliphatic rings. The molecule has 0 heterocycles. The minimum absolute atomic E-state index is 0.289. The maximum absolute atomic E-state index is 11.1. The van der Waals surface area contributed by atoms with E-state index in [4.69, 9.17) is 5.11 Å². The molecule has 0 saturated carbocycles. The molecule has 1 N–H and O–H groups in total. The van der Waals surface area contributed by atoms with Crippen LogP contribution >= 0.6 is 0 Å². The summed E-state index contributed by atoms with van der Waals surface area (Å²) in [6.07, 6.45) is 39.2. The Bertz CT molecular complexity index is 421. The topological polar surface area (TPSA) is 40.5 Å². The molecule has 0 aliphatic carbocycles. The average Bonchev–Trinajstić information content (AvgIpc) is 2.91. The number of hydrogen-bond donors (Lipinski definition) is 1. The van der Waals surface area contributed by atoms with Gasteiger partial charge in [-0.3, -0.25) is 4.79 Å². The molecule has 3 nitrogen and oxygen atoms in total. The number of aliphatic carboxylic acids is 1. The Labute approximate surface area is 240 Å². The summed E-state index contributed by atoms with van der Waals surface area (Å²) >= 11 is 0. The summed E-state index contributed by atoms with van der Waals surface area (Å²) in [7, 11) is 0. The predicted molar refractivity (Wildman–Crippen MR) is 169 cm³/mol. The number of carboxylic acids is 1. The third-order valence-corrected chi connectivity index (χ3v) is 8.30. The predicted octanol–water partition coefficient (Wildman–Crippen LogP) is 11.7. The van der Waals surface area contributed by atoms with Crippen LogP contribution in [0.3, 0.4) is 0 Å². The van der Waals surface area contributed by atoms with Crippen LogP contribution in [-0.2, 0) is 4.79 Å². The van der Waals surface area contributed by atoms with Crippen LogP contribution < -0.4 is 0 Å². The molecular weight excluding hydrogens is 466 g/mol. The normalized spacial score (nSPS) is 11.6. The van der Waals surface area contributed by atoms with Crippen LogP contribution in [-0.4, -0.2) is 35.6 Å². The molecule has 38 heavy (non-hydrogen) atoms. The highest BCUT2D eigenvalue weighted by Crippen LogP contribution is 2.15. The van der Waals surface area contributed by atoms with E-state index >= 15 is 0 Å². The van der Waals surface area contributed by atoms with Crippen molar-refractivity contribution in [2.24, 2.45) is 0 Å². The lowest BCUT2D eigenvalue weighted by Crippen LogP contribution is -2.28. The zero-order chi connectivity index (χ0) is 27.8. The highest BCUT2D eigenvalue weighted by atomic mass is 16.4. The Kier molecular flexibility index (Phi) is 32.2. The lowest BCUT2D eigenvalue weighted by molar-refractivity contribution is -0.137. The van der Waals surface area contributed by atoms with Crippen molar-refractivity contribution in [1.82, 2.24) is 4.90 Å². The Morgan fingerprint density at radius 2 is 0.632 bits per heavy atom. The van der Waals surface area contributed by atoms with Crippen molar-refractivity contribution >= 4 is 5.97 Å². The summed E-state index contributed by atoms with van der Waals surface area (Å²) in [6, 6.07) is 0. The number of nitrogens with zero attached hydrogens (tertiary/aromatic N) is 1. The number of carbonyl (C=O) groups is 1. The van der Waals surface area contributed by atoms with E-state index in [1.807, 2.05) is 0 Å². The van der Waals surface area contributed by atoms with Gasteiger partial charge < -0.3 is 10.0 Å². The molecule has 0 aromatic rings. The van der Waals surface area contributed by atoms with Crippen molar-refractivity contribution < 1.29 is 9.90 Å². The SMILES string of the molecule is CCCCCCCCCCCCCCCCN(CCCCCCCCCCCCCCCC)CCC(=O)O. The first-order valence-electron chi connectivity index (χ1n) is 17.6. The van der Waals surface area contributed by atoms with Crippen LogP contribution in [0.15, 0.2) is 0 Å². The van der Waals surface area contributed by atoms with Gasteiger partial charge in [-0.25, -0.2) is 0 Å². The van der Waals surface area contributed by atoms with Crippen molar-refractivity contribution in [1.29, 1.82) is 0 Å². The van der Waals surface area contributed by atoms with Crippen LogP contribution in [0, 0.1) is 0 Å². The van der Waals surface area contributed by atoms with Crippen molar-refractivity contribution in [3.8, 4) is 0 Å². The van der Waals surface area contributed by atoms with E-state index in [1.165, 1.54) is 180 Å². The third kappa shape index (κ3) is 31.6. The monoisotopic (exact) mass is 538 g/mol. The second-order valence-corrected chi connectivity index (χ2v) is 12.2. The molecule has 0 rings (SSSR count). The van der Waals surface area contributed by atoms with Gasteiger partial charge in [-0.05, 0) is 25.9 Å². The first kappa shape index (κ1) is 37.4. The van der Waals surface area contributed by atoms with E-state index in [2.05, 4.69) is 18.7 Å². The van der Waals surface area contributed by atoms with Crippen molar-refractivity contribution in [3.63, 3.8) is 0 Å². The average molecular weight is 538 g/mol. The van der Waals surface area contributed by atoms with Gasteiger partial charge in [-0.1, -0.05) is 181 Å². The molecule has 0 atom stereocenters. The highest BCUT2D eigenvalue weighted by molar-refractivity contribution is 5.66. The molecule has 0 spiro atoms. The Hall–Kier alpha value is -0.570. The first-order valence-corrected chi connectivity index (χ1v) is 17.6. The molecule has 0 radical (unpaired) electrons. The minimum atomic E-state index is -0.656. The number of hydrogen-bond acceptors (Lipinski definition) is 2. The summed E-state index contributed by atoms with van der Waals surface area (Å²) in [5.74, 6) is -0.656. The molecule has 0 saturated heterocycles. The number of carboxylic acid groups (broad SMARTS) is 1. The zero-order valence-corrected chi connectivity index (χ0v) is 26.4. The summed E-state index contributed by atoms with van der Waals surface area (Å²) in [4.78, 5) is 13.5. The van der Waals surface area contributed by atoms with Crippen LogP contribution in [0.5, 0.6) is 0 Å². The summed E-state index contributed by atoms with van der Waals surface area (Å²) < 4.78 is 0. The molecule has 0 aliphatic heterocycles. The third-order valence-electron chi connectivity index (χ3n) is 8.30. The van der Waals surface area contributed by atoms with Crippen molar-refractivity contribution in [2.75, 3.05) is 19.6 Å². The van der Waals surface area contributed by atoms with E-state index in [1.54, 1.807) is 0 Å². The van der Waals surface area contributed by atoms with Crippen molar-refractivity contribution in [2.45, 2.75) is 200 Å². The summed E-state index contributed by atoms with van der Waals surface area (Å²) in [5.41, 5.74) is 0. The molecule has 228 valence electrons. The van der Waals surface area contributed by atoms with Gasteiger partial charge in [0, 0.05) is 6.54 Å². The van der Waals surface area contributed by atoms with Gasteiger partial charge in [0.2, 0.25) is 0 Å². The molecule has 3 heteroatoms. The standard InChI is InChI=1S/C35H71NO2/c1-3-5-7-9-11-13-15-17-19-21-23-25-27-29-32-36(34-31-35(37)38)33-30-28-26-24-22-20-18-16-14-12-10-8-6-4-2/h3-34H2,1-2H3,(H,37,38). The fourth-order valence-electron chi connectivity index (χ4n) is 5.65. The second-order valence-electron chi connectivity index (χ2n) is 12.2. The minimum Gasteiger partial charge on any atom is -0.481 e. The summed E-state index contributed by atoms with van der Waals surface area (Å²) in [5, 5.41) is 9.12. The molecular formula is C35H71NO2. The van der Waals surface area contributed by atoms with Gasteiger partial charge in [0.05, 0.1) is 6.42 Å². The highest BCUT2D eigenvalue weighted by Gasteiger charge is 2.07. The summed E-state index contributed by atoms with van der Waals surface area (Å²) in [6.45, 7) is 7.48. The smallest absolute Gasteiger partial charge is 0.304 e. The Morgan fingerprint density at radius 1 is 0.395 bits per heavy atom. The lowest BCUT2D eigenvalue weighted by Gasteiger charge is -2.21. The van der Waals surface area contributed by atoms with E-state index in [9.17, 15) is 4.79 Å². The quantitative estimate of drug-likeness (QED) is 0.0846. The second kappa shape index (κ2) is 32.6. The van der Waals surface area contributed by atoms with Crippen molar-refractivity contribution in [3.05, 3.63) is 0 Å². The van der Waals surface area contributed by atoms with E-state index in [-0.39, 0.29) is 6.42 Å². The van der Waals surface area contributed by atoms with E-state index in [0.29, 0.717) is 0 Å². The Morgan fingerprint density at radius 3 is 0.868 bits per heavy atom. The molecule has 0 fully saturated rings.